The van der Waals surface area contributed by atoms with E-state index < -0.39 is 17.8 Å². The Hall–Kier alpha value is -2.50. The number of nitrogens with one attached hydrogen (secondary N) is 2. The van der Waals surface area contributed by atoms with Gasteiger partial charge in [0.25, 0.3) is 0 Å². The SMILES string of the molecule is NC(=O)C1CNc2ccc3[nH]c(C(=O)O)cc3c21. The van der Waals surface area contributed by atoms with E-state index in [4.69, 9.17) is 10.8 Å². The highest BCUT2D eigenvalue weighted by molar-refractivity contribution is 6.01. The number of hydrogen-bond acceptors (Lipinski definition) is 3. The van der Waals surface area contributed by atoms with Gasteiger partial charge in [0.05, 0.1) is 5.92 Å². The van der Waals surface area contributed by atoms with E-state index in [2.05, 4.69) is 10.3 Å². The molecule has 0 spiro atoms. The number of aromatic nitrogens is 1. The van der Waals surface area contributed by atoms with Crippen LogP contribution in [0.5, 0.6) is 0 Å². The van der Waals surface area contributed by atoms with Crippen molar-refractivity contribution in [3.05, 3.63) is 29.5 Å². The predicted molar refractivity (Wildman–Crippen MR) is 65.7 cm³/mol. The summed E-state index contributed by atoms with van der Waals surface area (Å²) in [5.41, 5.74) is 7.78. The number of amides is 1. The second kappa shape index (κ2) is 3.49. The lowest BCUT2D eigenvalue weighted by Gasteiger charge is -2.06. The molecule has 3 rings (SSSR count). The predicted octanol–water partition coefficient (Wildman–Crippen LogP) is 0.860. The third-order valence-electron chi connectivity index (χ3n) is 3.26. The minimum atomic E-state index is -1.03. The number of carbonyl (C=O) groups is 2. The highest BCUT2D eigenvalue weighted by Gasteiger charge is 2.29. The van der Waals surface area contributed by atoms with Gasteiger partial charge in [0.2, 0.25) is 5.91 Å². The molecule has 2 heterocycles. The number of aromatic carboxylic acids is 1. The molecule has 5 N–H and O–H groups in total. The van der Waals surface area contributed by atoms with E-state index in [-0.39, 0.29) is 5.69 Å². The summed E-state index contributed by atoms with van der Waals surface area (Å²) in [6.07, 6.45) is 0. The van der Waals surface area contributed by atoms with E-state index in [1.54, 1.807) is 12.1 Å². The number of aromatic amines is 1. The van der Waals surface area contributed by atoms with Crippen molar-refractivity contribution in [1.82, 2.24) is 4.98 Å². The molecular formula is C12H11N3O3. The van der Waals surface area contributed by atoms with Crippen LogP contribution in [0.25, 0.3) is 10.9 Å². The molecule has 0 radical (unpaired) electrons. The summed E-state index contributed by atoms with van der Waals surface area (Å²) in [4.78, 5) is 25.2. The van der Waals surface area contributed by atoms with E-state index in [0.717, 1.165) is 16.6 Å². The Morgan fingerprint density at radius 1 is 1.39 bits per heavy atom. The standard InChI is InChI=1S/C12H11N3O3/c13-11(16)6-4-14-8-2-1-7-5(10(6)8)3-9(15-7)12(17)18/h1-3,6,14-15H,4H2,(H2,13,16)(H,17,18). The number of rotatable bonds is 2. The van der Waals surface area contributed by atoms with Gasteiger partial charge < -0.3 is 21.1 Å². The van der Waals surface area contributed by atoms with Crippen LogP contribution < -0.4 is 11.1 Å². The Kier molecular flexibility index (Phi) is 2.07. The first-order valence-corrected chi connectivity index (χ1v) is 5.50. The van der Waals surface area contributed by atoms with E-state index in [9.17, 15) is 9.59 Å². The Bertz CT molecular complexity index is 675. The molecule has 1 unspecified atom stereocenters. The Morgan fingerprint density at radius 3 is 2.83 bits per heavy atom. The molecule has 0 saturated carbocycles. The van der Waals surface area contributed by atoms with Crippen LogP contribution in [0.2, 0.25) is 0 Å². The number of carboxylic acid groups (broad SMARTS) is 1. The number of carbonyl (C=O) groups excluding carboxylic acids is 1. The zero-order valence-electron chi connectivity index (χ0n) is 9.36. The van der Waals surface area contributed by atoms with E-state index in [1.807, 2.05) is 6.07 Å². The molecular weight excluding hydrogens is 234 g/mol. The van der Waals surface area contributed by atoms with Crippen molar-refractivity contribution in [1.29, 1.82) is 0 Å². The van der Waals surface area contributed by atoms with Gasteiger partial charge in [-0.1, -0.05) is 0 Å². The summed E-state index contributed by atoms with van der Waals surface area (Å²) in [5, 5.41) is 12.8. The summed E-state index contributed by atoms with van der Waals surface area (Å²) in [6, 6.07) is 5.15. The third kappa shape index (κ3) is 1.35. The Morgan fingerprint density at radius 2 is 2.17 bits per heavy atom. The van der Waals surface area contributed by atoms with Gasteiger partial charge in [0, 0.05) is 23.1 Å². The first-order chi connectivity index (χ1) is 8.58. The van der Waals surface area contributed by atoms with Crippen LogP contribution in [-0.2, 0) is 4.79 Å². The fraction of sp³-hybridized carbons (Fsp3) is 0.167. The molecule has 0 aliphatic carbocycles. The topological polar surface area (TPSA) is 108 Å². The third-order valence-corrected chi connectivity index (χ3v) is 3.26. The quantitative estimate of drug-likeness (QED) is 0.629. The van der Waals surface area contributed by atoms with Gasteiger partial charge >= 0.3 is 5.97 Å². The molecule has 1 atom stereocenters. The maximum absolute atomic E-state index is 11.4. The maximum atomic E-state index is 11.4. The van der Waals surface area contributed by atoms with Crippen LogP contribution in [0.15, 0.2) is 18.2 Å². The average Bonchev–Trinajstić information content (AvgIpc) is 2.91. The smallest absolute Gasteiger partial charge is 0.352 e. The molecule has 0 fully saturated rings. The van der Waals surface area contributed by atoms with Crippen molar-refractivity contribution in [3.8, 4) is 0 Å². The molecule has 1 aromatic carbocycles. The van der Waals surface area contributed by atoms with Gasteiger partial charge in [-0.15, -0.1) is 0 Å². The summed E-state index contributed by atoms with van der Waals surface area (Å²) in [5.74, 6) is -1.85. The van der Waals surface area contributed by atoms with Crippen LogP contribution in [0.1, 0.15) is 22.0 Å². The molecule has 1 aliphatic rings. The lowest BCUT2D eigenvalue weighted by molar-refractivity contribution is -0.119. The van der Waals surface area contributed by atoms with E-state index >= 15 is 0 Å². The summed E-state index contributed by atoms with van der Waals surface area (Å²) in [7, 11) is 0. The number of carboxylic acids is 1. The largest absolute Gasteiger partial charge is 0.477 e. The Labute approximate surface area is 102 Å². The fourth-order valence-corrected chi connectivity index (χ4v) is 2.43. The molecule has 2 aromatic rings. The average molecular weight is 245 g/mol. The lowest BCUT2D eigenvalue weighted by atomic mass is 9.97. The van der Waals surface area contributed by atoms with Gasteiger partial charge in [0.15, 0.2) is 0 Å². The molecule has 6 nitrogen and oxygen atoms in total. The second-order valence-electron chi connectivity index (χ2n) is 4.31. The van der Waals surface area contributed by atoms with Crippen LogP contribution in [0.4, 0.5) is 5.69 Å². The summed E-state index contributed by atoms with van der Waals surface area (Å²) >= 11 is 0. The van der Waals surface area contributed by atoms with Crippen LogP contribution in [0.3, 0.4) is 0 Å². The highest BCUT2D eigenvalue weighted by Crippen LogP contribution is 2.37. The van der Waals surface area contributed by atoms with Crippen molar-refractivity contribution < 1.29 is 14.7 Å². The van der Waals surface area contributed by atoms with Crippen LogP contribution in [-0.4, -0.2) is 28.5 Å². The first-order valence-electron chi connectivity index (χ1n) is 5.50. The number of nitrogens with two attached hydrogens (primary N) is 1. The number of anilines is 1. The molecule has 0 bridgehead atoms. The molecule has 1 aliphatic heterocycles. The normalized spacial score (nSPS) is 17.4. The molecule has 1 aromatic heterocycles. The summed E-state index contributed by atoms with van der Waals surface area (Å²) < 4.78 is 0. The zero-order chi connectivity index (χ0) is 12.9. The number of fused-ring (bicyclic) bond motifs is 3. The Balaban J connectivity index is 2.28. The van der Waals surface area contributed by atoms with Crippen LogP contribution >= 0.6 is 0 Å². The number of hydrogen-bond donors (Lipinski definition) is 4. The molecule has 92 valence electrons. The van der Waals surface area contributed by atoms with Crippen molar-refractivity contribution in [3.63, 3.8) is 0 Å². The van der Waals surface area contributed by atoms with Gasteiger partial charge in [-0.2, -0.15) is 0 Å². The number of benzene rings is 1. The minimum Gasteiger partial charge on any atom is -0.477 e. The first kappa shape index (κ1) is 10.6. The van der Waals surface area contributed by atoms with E-state index in [0.29, 0.717) is 12.1 Å². The van der Waals surface area contributed by atoms with Gasteiger partial charge in [0.1, 0.15) is 5.69 Å². The molecule has 18 heavy (non-hydrogen) atoms. The molecule has 6 heteroatoms. The van der Waals surface area contributed by atoms with Crippen molar-refractivity contribution in [2.24, 2.45) is 5.73 Å². The number of H-pyrrole nitrogens is 1. The van der Waals surface area contributed by atoms with Gasteiger partial charge in [-0.3, -0.25) is 4.79 Å². The summed E-state index contributed by atoms with van der Waals surface area (Å²) in [6.45, 7) is 0.456. The lowest BCUT2D eigenvalue weighted by Crippen LogP contribution is -2.22. The van der Waals surface area contributed by atoms with Crippen molar-refractivity contribution >= 4 is 28.5 Å². The van der Waals surface area contributed by atoms with Gasteiger partial charge in [-0.05, 0) is 23.8 Å². The second-order valence-corrected chi connectivity index (χ2v) is 4.31. The highest BCUT2D eigenvalue weighted by atomic mass is 16.4. The van der Waals surface area contributed by atoms with Crippen molar-refractivity contribution in [2.75, 3.05) is 11.9 Å². The number of primary amides is 1. The van der Waals surface area contributed by atoms with Crippen molar-refractivity contribution in [2.45, 2.75) is 5.92 Å². The maximum Gasteiger partial charge on any atom is 0.352 e. The minimum absolute atomic E-state index is 0.105. The molecule has 0 saturated heterocycles. The van der Waals surface area contributed by atoms with Gasteiger partial charge in [-0.25, -0.2) is 4.79 Å². The van der Waals surface area contributed by atoms with E-state index in [1.165, 1.54) is 0 Å². The fourth-order valence-electron chi connectivity index (χ4n) is 2.43. The zero-order valence-corrected chi connectivity index (χ0v) is 9.36. The van der Waals surface area contributed by atoms with Crippen LogP contribution in [0, 0.1) is 0 Å². The monoisotopic (exact) mass is 245 g/mol. The molecule has 1 amide bonds.